The van der Waals surface area contributed by atoms with Crippen LogP contribution in [-0.4, -0.2) is 55.4 Å². The van der Waals surface area contributed by atoms with Gasteiger partial charge in [0.25, 0.3) is 5.91 Å². The first-order valence-electron chi connectivity index (χ1n) is 10.6. The fourth-order valence-electron chi connectivity index (χ4n) is 4.01. The predicted octanol–water partition coefficient (Wildman–Crippen LogP) is 2.80. The second-order valence-corrected chi connectivity index (χ2v) is 8.59. The van der Waals surface area contributed by atoms with Gasteiger partial charge in [0.05, 0.1) is 12.7 Å². The van der Waals surface area contributed by atoms with Crippen LogP contribution in [0, 0.1) is 0 Å². The molecule has 2 aliphatic heterocycles. The molecule has 4 rings (SSSR count). The van der Waals surface area contributed by atoms with E-state index in [1.165, 1.54) is 5.56 Å². The Morgan fingerprint density at radius 2 is 2.03 bits per heavy atom. The topological polar surface area (TPSA) is 60.0 Å². The van der Waals surface area contributed by atoms with Crippen molar-refractivity contribution < 1.29 is 19.0 Å². The Morgan fingerprint density at radius 3 is 2.87 bits per heavy atom. The van der Waals surface area contributed by atoms with Gasteiger partial charge in [-0.15, -0.1) is 0 Å². The highest BCUT2D eigenvalue weighted by Crippen LogP contribution is 2.41. The number of carbonyl (C=O) groups is 1. The Kier molecular flexibility index (Phi) is 6.25. The second kappa shape index (κ2) is 9.06. The summed E-state index contributed by atoms with van der Waals surface area (Å²) in [5.74, 6) is 1.22. The Balaban J connectivity index is 1.22. The Bertz CT molecular complexity index is 869. The first kappa shape index (κ1) is 20.7. The van der Waals surface area contributed by atoms with E-state index in [4.69, 9.17) is 14.2 Å². The van der Waals surface area contributed by atoms with Gasteiger partial charge in [-0.05, 0) is 25.5 Å². The van der Waals surface area contributed by atoms with Crippen molar-refractivity contribution in [1.82, 2.24) is 10.2 Å². The summed E-state index contributed by atoms with van der Waals surface area (Å²) < 4.78 is 17.6. The van der Waals surface area contributed by atoms with Crippen LogP contribution in [0.5, 0.6) is 11.5 Å². The minimum atomic E-state index is -0.242. The van der Waals surface area contributed by atoms with Crippen molar-refractivity contribution in [1.29, 1.82) is 0 Å². The van der Waals surface area contributed by atoms with E-state index in [2.05, 4.69) is 48.3 Å². The van der Waals surface area contributed by atoms with E-state index in [-0.39, 0.29) is 24.2 Å². The third kappa shape index (κ3) is 5.32. The minimum absolute atomic E-state index is 0.0171. The summed E-state index contributed by atoms with van der Waals surface area (Å²) in [4.78, 5) is 14.7. The summed E-state index contributed by atoms with van der Waals surface area (Å²) in [6.07, 6.45) is 0.820. The van der Waals surface area contributed by atoms with Gasteiger partial charge >= 0.3 is 0 Å². The van der Waals surface area contributed by atoms with Crippen molar-refractivity contribution in [3.8, 4) is 11.5 Å². The number of carbonyl (C=O) groups excluding carboxylic acids is 1. The van der Waals surface area contributed by atoms with E-state index >= 15 is 0 Å². The number of hydrogen-bond acceptors (Lipinski definition) is 5. The Labute approximate surface area is 178 Å². The van der Waals surface area contributed by atoms with Crippen LogP contribution < -0.4 is 14.8 Å². The number of nitrogens with one attached hydrogen (secondary N) is 1. The smallest absolute Gasteiger partial charge is 0.258 e. The maximum absolute atomic E-state index is 12.3. The molecule has 0 saturated carbocycles. The summed E-state index contributed by atoms with van der Waals surface area (Å²) in [5, 5.41) is 2.93. The van der Waals surface area contributed by atoms with Crippen LogP contribution in [0.1, 0.15) is 25.0 Å². The van der Waals surface area contributed by atoms with Gasteiger partial charge in [-0.25, -0.2) is 0 Å². The molecule has 2 aliphatic rings. The van der Waals surface area contributed by atoms with Crippen LogP contribution in [0.3, 0.4) is 0 Å². The second-order valence-electron chi connectivity index (χ2n) is 8.59. The molecular weight excluding hydrogens is 380 g/mol. The van der Waals surface area contributed by atoms with Gasteiger partial charge in [0.2, 0.25) is 0 Å². The summed E-state index contributed by atoms with van der Waals surface area (Å²) >= 11 is 0. The van der Waals surface area contributed by atoms with Gasteiger partial charge in [-0.2, -0.15) is 0 Å². The summed E-state index contributed by atoms with van der Waals surface area (Å²) in [6.45, 7) is 7.80. The molecule has 2 heterocycles. The van der Waals surface area contributed by atoms with Gasteiger partial charge in [0.1, 0.15) is 5.60 Å². The first-order chi connectivity index (χ1) is 14.5. The van der Waals surface area contributed by atoms with Crippen molar-refractivity contribution in [2.24, 2.45) is 0 Å². The van der Waals surface area contributed by atoms with E-state index < -0.39 is 0 Å². The number of para-hydroxylation sites is 1. The lowest BCUT2D eigenvalue weighted by Gasteiger charge is -2.33. The highest BCUT2D eigenvalue weighted by molar-refractivity contribution is 5.77. The fraction of sp³-hybridized carbons (Fsp3) is 0.458. The van der Waals surface area contributed by atoms with Crippen molar-refractivity contribution in [2.45, 2.75) is 38.5 Å². The van der Waals surface area contributed by atoms with E-state index in [0.29, 0.717) is 18.9 Å². The lowest BCUT2D eigenvalue weighted by Crippen LogP contribution is -2.47. The molecule has 160 valence electrons. The number of fused-ring (bicyclic) bond motifs is 1. The summed E-state index contributed by atoms with van der Waals surface area (Å²) in [6, 6.07) is 16.2. The molecule has 1 N–H and O–H groups in total. The van der Waals surface area contributed by atoms with E-state index in [1.54, 1.807) is 0 Å². The normalized spacial score (nSPS) is 20.3. The molecule has 6 heteroatoms. The largest absolute Gasteiger partial charge is 0.483 e. The van der Waals surface area contributed by atoms with Gasteiger partial charge in [-0.3, -0.25) is 9.69 Å². The van der Waals surface area contributed by atoms with Crippen LogP contribution in [0.2, 0.25) is 0 Å². The average molecular weight is 411 g/mol. The lowest BCUT2D eigenvalue weighted by molar-refractivity contribution is -0.124. The van der Waals surface area contributed by atoms with Gasteiger partial charge in [0, 0.05) is 38.2 Å². The molecule has 1 saturated heterocycles. The predicted molar refractivity (Wildman–Crippen MR) is 115 cm³/mol. The van der Waals surface area contributed by atoms with E-state index in [1.807, 2.05) is 24.3 Å². The minimum Gasteiger partial charge on any atom is -0.483 e. The zero-order chi connectivity index (χ0) is 21.0. The van der Waals surface area contributed by atoms with E-state index in [0.717, 1.165) is 37.4 Å². The highest BCUT2D eigenvalue weighted by Gasteiger charge is 2.32. The number of nitrogens with zero attached hydrogens (tertiary/aromatic N) is 1. The van der Waals surface area contributed by atoms with Crippen LogP contribution in [0.25, 0.3) is 0 Å². The van der Waals surface area contributed by atoms with Crippen molar-refractivity contribution in [2.75, 3.05) is 32.8 Å². The molecule has 1 atom stereocenters. The number of hydrogen-bond donors (Lipinski definition) is 1. The molecule has 1 amide bonds. The summed E-state index contributed by atoms with van der Waals surface area (Å²) in [5.41, 5.74) is 2.16. The molecule has 2 aromatic carbocycles. The zero-order valence-corrected chi connectivity index (χ0v) is 17.7. The monoisotopic (exact) mass is 410 g/mol. The van der Waals surface area contributed by atoms with Crippen LogP contribution >= 0.6 is 0 Å². The van der Waals surface area contributed by atoms with Crippen LogP contribution in [0.15, 0.2) is 48.5 Å². The van der Waals surface area contributed by atoms with E-state index in [9.17, 15) is 4.79 Å². The van der Waals surface area contributed by atoms with Gasteiger partial charge < -0.3 is 19.5 Å². The third-order valence-electron chi connectivity index (χ3n) is 5.41. The Hall–Kier alpha value is -2.57. The summed E-state index contributed by atoms with van der Waals surface area (Å²) in [7, 11) is 0. The molecule has 0 bridgehead atoms. The molecule has 0 radical (unpaired) electrons. The number of amides is 1. The average Bonchev–Trinajstić information content (AvgIpc) is 3.06. The van der Waals surface area contributed by atoms with Crippen LogP contribution in [-0.2, 0) is 22.5 Å². The highest BCUT2D eigenvalue weighted by atomic mass is 16.5. The van der Waals surface area contributed by atoms with Crippen molar-refractivity contribution >= 4 is 5.91 Å². The van der Waals surface area contributed by atoms with Crippen LogP contribution in [0.4, 0.5) is 0 Å². The molecule has 0 spiro atoms. The standard InChI is InChI=1S/C24H30N2O4/c1-24(2)13-19-9-6-10-21(23(19)30-24)29-17-22(27)25-14-20-16-26(11-12-28-20)15-18-7-4-3-5-8-18/h3-10,20H,11-17H2,1-2H3,(H,25,27). The maximum Gasteiger partial charge on any atom is 0.258 e. The van der Waals surface area contributed by atoms with Crippen molar-refractivity contribution in [3.63, 3.8) is 0 Å². The fourth-order valence-corrected chi connectivity index (χ4v) is 4.01. The molecule has 0 aromatic heterocycles. The van der Waals surface area contributed by atoms with Gasteiger partial charge in [0.15, 0.2) is 18.1 Å². The quantitative estimate of drug-likeness (QED) is 0.761. The lowest BCUT2D eigenvalue weighted by atomic mass is 10.0. The third-order valence-corrected chi connectivity index (χ3v) is 5.41. The molecule has 1 fully saturated rings. The molecular formula is C24H30N2O4. The number of rotatable bonds is 7. The van der Waals surface area contributed by atoms with Crippen molar-refractivity contribution in [3.05, 3.63) is 59.7 Å². The molecule has 0 aliphatic carbocycles. The zero-order valence-electron chi connectivity index (χ0n) is 17.7. The number of morpholine rings is 1. The number of ether oxygens (including phenoxy) is 3. The molecule has 30 heavy (non-hydrogen) atoms. The number of benzene rings is 2. The molecule has 2 aromatic rings. The first-order valence-corrected chi connectivity index (χ1v) is 10.6. The van der Waals surface area contributed by atoms with Gasteiger partial charge in [-0.1, -0.05) is 42.5 Å². The SMILES string of the molecule is CC1(C)Cc2cccc(OCC(=O)NCC3CN(Cc4ccccc4)CCO3)c2O1. The Morgan fingerprint density at radius 1 is 1.20 bits per heavy atom. The molecule has 6 nitrogen and oxygen atoms in total. The molecule has 1 unspecified atom stereocenters. The maximum atomic E-state index is 12.3.